The number of nitrogens with zero attached hydrogens (tertiary/aromatic N) is 2. The van der Waals surface area contributed by atoms with Crippen LogP contribution in [0.4, 0.5) is 5.82 Å². The van der Waals surface area contributed by atoms with Gasteiger partial charge in [0.1, 0.15) is 5.82 Å². The highest BCUT2D eigenvalue weighted by Crippen LogP contribution is 2.33. The summed E-state index contributed by atoms with van der Waals surface area (Å²) in [6, 6.07) is 18.3. The fourth-order valence-corrected chi connectivity index (χ4v) is 3.92. The fraction of sp³-hybridized carbons (Fsp3) is 0.100. The number of ether oxygens (including phenoxy) is 2. The highest BCUT2D eigenvalue weighted by atomic mass is 32.1. The van der Waals surface area contributed by atoms with E-state index in [0.717, 1.165) is 33.6 Å². The summed E-state index contributed by atoms with van der Waals surface area (Å²) in [4.78, 5) is 10.2. The van der Waals surface area contributed by atoms with E-state index < -0.39 is 0 Å². The molecule has 26 heavy (non-hydrogen) atoms. The minimum atomic E-state index is 0.288. The minimum Gasteiger partial charge on any atom is -0.454 e. The third-order valence-corrected chi connectivity index (χ3v) is 5.32. The molecule has 3 heterocycles. The number of rotatable bonds is 4. The molecule has 0 spiro atoms. The molecule has 0 atom stereocenters. The molecule has 0 amide bonds. The summed E-state index contributed by atoms with van der Waals surface area (Å²) in [5.74, 6) is 3.12. The lowest BCUT2D eigenvalue weighted by Crippen LogP contribution is -2.02. The van der Waals surface area contributed by atoms with Crippen molar-refractivity contribution < 1.29 is 9.47 Å². The summed E-state index contributed by atoms with van der Waals surface area (Å²) in [6.45, 7) is 0.941. The molecule has 1 aliphatic heterocycles. The first kappa shape index (κ1) is 15.2. The molecule has 6 heteroatoms. The molecule has 5 nitrogen and oxygen atoms in total. The first-order valence-corrected chi connectivity index (χ1v) is 9.11. The molecule has 1 N–H and O–H groups in total. The molecule has 128 valence electrons. The number of aromatic nitrogens is 2. The number of nitrogens with one attached hydrogen (secondary N) is 1. The van der Waals surface area contributed by atoms with Crippen LogP contribution in [-0.2, 0) is 6.54 Å². The lowest BCUT2D eigenvalue weighted by molar-refractivity contribution is 0.174. The first-order chi connectivity index (χ1) is 12.8. The van der Waals surface area contributed by atoms with Crippen LogP contribution in [0.2, 0.25) is 0 Å². The predicted molar refractivity (Wildman–Crippen MR) is 103 cm³/mol. The number of anilines is 1. The Labute approximate surface area is 154 Å². The van der Waals surface area contributed by atoms with Gasteiger partial charge < -0.3 is 14.8 Å². The Morgan fingerprint density at radius 2 is 1.92 bits per heavy atom. The zero-order valence-corrected chi connectivity index (χ0v) is 14.6. The van der Waals surface area contributed by atoms with Gasteiger partial charge in [-0.3, -0.25) is 0 Å². The fourth-order valence-electron chi connectivity index (χ4n) is 2.91. The highest BCUT2D eigenvalue weighted by Gasteiger charge is 2.13. The normalized spacial score (nSPS) is 12.5. The van der Waals surface area contributed by atoms with E-state index in [1.165, 1.54) is 10.1 Å². The van der Waals surface area contributed by atoms with Crippen molar-refractivity contribution in [1.82, 2.24) is 9.97 Å². The Balaban J connectivity index is 1.36. The van der Waals surface area contributed by atoms with Crippen molar-refractivity contribution in [3.8, 4) is 22.2 Å². The summed E-state index contributed by atoms with van der Waals surface area (Å²) in [7, 11) is 0. The van der Waals surface area contributed by atoms with Crippen molar-refractivity contribution in [3.05, 3.63) is 66.4 Å². The monoisotopic (exact) mass is 361 g/mol. The quantitative estimate of drug-likeness (QED) is 0.571. The van der Waals surface area contributed by atoms with Crippen LogP contribution in [0.15, 0.2) is 60.8 Å². The van der Waals surface area contributed by atoms with Crippen LogP contribution < -0.4 is 14.8 Å². The topological polar surface area (TPSA) is 56.3 Å². The van der Waals surface area contributed by atoms with Gasteiger partial charge in [-0.25, -0.2) is 9.97 Å². The van der Waals surface area contributed by atoms with Gasteiger partial charge in [0, 0.05) is 17.4 Å². The van der Waals surface area contributed by atoms with Gasteiger partial charge in [-0.2, -0.15) is 0 Å². The van der Waals surface area contributed by atoms with Crippen LogP contribution in [0, 0.1) is 0 Å². The molecule has 0 saturated carbocycles. The van der Waals surface area contributed by atoms with Gasteiger partial charge in [-0.05, 0) is 41.3 Å². The van der Waals surface area contributed by atoms with Gasteiger partial charge >= 0.3 is 0 Å². The molecule has 0 radical (unpaired) electrons. The zero-order chi connectivity index (χ0) is 17.3. The van der Waals surface area contributed by atoms with Crippen LogP contribution in [0.3, 0.4) is 0 Å². The molecular weight excluding hydrogens is 346 g/mol. The van der Waals surface area contributed by atoms with E-state index >= 15 is 0 Å². The Bertz CT molecular complexity index is 1060. The number of hydrogen-bond donors (Lipinski definition) is 1. The van der Waals surface area contributed by atoms with Crippen LogP contribution in [0.25, 0.3) is 20.8 Å². The Morgan fingerprint density at radius 3 is 2.88 bits per heavy atom. The van der Waals surface area contributed by atoms with E-state index in [1.807, 2.05) is 36.4 Å². The van der Waals surface area contributed by atoms with Gasteiger partial charge in [-0.15, -0.1) is 11.3 Å². The minimum absolute atomic E-state index is 0.288. The average molecular weight is 361 g/mol. The standard InChI is InChI=1S/C20H15N3O2S/c1-2-4-17-14(3-1)10-18(26-17)20-21-8-7-19(23-20)22-11-13-5-6-15-16(9-13)25-12-24-15/h1-10H,11-12H2,(H,21,22,23). The number of hydrogen-bond acceptors (Lipinski definition) is 6. The van der Waals surface area contributed by atoms with Crippen molar-refractivity contribution in [3.63, 3.8) is 0 Å². The second-order valence-corrected chi connectivity index (χ2v) is 7.04. The van der Waals surface area contributed by atoms with E-state index in [-0.39, 0.29) is 6.79 Å². The molecule has 4 aromatic rings. The SMILES string of the molecule is c1ccc2sc(-c3nccc(NCc4ccc5c(c4)OCO5)n3)cc2c1. The highest BCUT2D eigenvalue weighted by molar-refractivity contribution is 7.22. The third-order valence-electron chi connectivity index (χ3n) is 4.21. The largest absolute Gasteiger partial charge is 0.454 e. The second-order valence-electron chi connectivity index (χ2n) is 5.96. The van der Waals surface area contributed by atoms with Gasteiger partial charge in [0.2, 0.25) is 6.79 Å². The Kier molecular flexibility index (Phi) is 3.68. The molecule has 2 aromatic carbocycles. The van der Waals surface area contributed by atoms with Gasteiger partial charge in [0.25, 0.3) is 0 Å². The van der Waals surface area contributed by atoms with E-state index in [2.05, 4.69) is 33.5 Å². The molecule has 0 aliphatic carbocycles. The molecule has 0 unspecified atom stereocenters. The smallest absolute Gasteiger partial charge is 0.231 e. The summed E-state index contributed by atoms with van der Waals surface area (Å²) < 4.78 is 12.0. The summed E-state index contributed by atoms with van der Waals surface area (Å²) in [5, 5.41) is 4.57. The van der Waals surface area contributed by atoms with Crippen LogP contribution in [0.1, 0.15) is 5.56 Å². The lowest BCUT2D eigenvalue weighted by Gasteiger charge is -2.07. The van der Waals surface area contributed by atoms with Crippen LogP contribution in [0.5, 0.6) is 11.5 Å². The van der Waals surface area contributed by atoms with Gasteiger partial charge in [-0.1, -0.05) is 24.3 Å². The predicted octanol–water partition coefficient (Wildman–Crippen LogP) is 4.70. The summed E-state index contributed by atoms with van der Waals surface area (Å²) >= 11 is 1.70. The maximum Gasteiger partial charge on any atom is 0.231 e. The maximum absolute atomic E-state index is 5.42. The molecule has 2 aromatic heterocycles. The Morgan fingerprint density at radius 1 is 1.00 bits per heavy atom. The third kappa shape index (κ3) is 2.84. The van der Waals surface area contributed by atoms with Crippen molar-refractivity contribution in [1.29, 1.82) is 0 Å². The number of fused-ring (bicyclic) bond motifs is 2. The molecular formula is C20H15N3O2S. The molecule has 0 fully saturated rings. The van der Waals surface area contributed by atoms with E-state index in [9.17, 15) is 0 Å². The summed E-state index contributed by atoms with van der Waals surface area (Å²) in [6.07, 6.45) is 1.79. The number of benzene rings is 2. The lowest BCUT2D eigenvalue weighted by atomic mass is 10.2. The molecule has 0 bridgehead atoms. The van der Waals surface area contributed by atoms with E-state index in [0.29, 0.717) is 6.54 Å². The van der Waals surface area contributed by atoms with Crippen molar-refractivity contribution in [2.24, 2.45) is 0 Å². The van der Waals surface area contributed by atoms with Gasteiger partial charge in [0.05, 0.1) is 4.88 Å². The first-order valence-electron chi connectivity index (χ1n) is 8.29. The van der Waals surface area contributed by atoms with Gasteiger partial charge in [0.15, 0.2) is 17.3 Å². The Hall–Kier alpha value is -3.12. The van der Waals surface area contributed by atoms with Crippen molar-refractivity contribution in [2.75, 3.05) is 12.1 Å². The zero-order valence-electron chi connectivity index (χ0n) is 13.8. The average Bonchev–Trinajstić information content (AvgIpc) is 3.32. The van der Waals surface area contributed by atoms with Crippen molar-refractivity contribution in [2.45, 2.75) is 6.54 Å². The maximum atomic E-state index is 5.42. The summed E-state index contributed by atoms with van der Waals surface area (Å²) in [5.41, 5.74) is 1.11. The molecule has 0 saturated heterocycles. The second kappa shape index (κ2) is 6.31. The van der Waals surface area contributed by atoms with E-state index in [1.54, 1.807) is 17.5 Å². The van der Waals surface area contributed by atoms with Crippen LogP contribution in [-0.4, -0.2) is 16.8 Å². The number of thiophene rings is 1. The molecule has 1 aliphatic rings. The molecule has 5 rings (SSSR count). The van der Waals surface area contributed by atoms with Crippen molar-refractivity contribution >= 4 is 27.2 Å². The van der Waals surface area contributed by atoms with E-state index in [4.69, 9.17) is 9.47 Å². The van der Waals surface area contributed by atoms with Crippen LogP contribution >= 0.6 is 11.3 Å².